The summed E-state index contributed by atoms with van der Waals surface area (Å²) in [5, 5.41) is 8.77. The summed E-state index contributed by atoms with van der Waals surface area (Å²) in [7, 11) is 0. The molecule has 102 valence electrons. The van der Waals surface area contributed by atoms with Crippen molar-refractivity contribution in [3.05, 3.63) is 29.3 Å². The molecule has 1 rings (SSSR count). The van der Waals surface area contributed by atoms with Crippen LogP contribution in [0.15, 0.2) is 18.2 Å². The molecule has 3 nitrogen and oxygen atoms in total. The first kappa shape index (κ1) is 14.9. The van der Waals surface area contributed by atoms with Crippen molar-refractivity contribution < 1.29 is 23.1 Å². The number of halogens is 3. The van der Waals surface area contributed by atoms with Crippen molar-refractivity contribution in [3.63, 3.8) is 0 Å². The van der Waals surface area contributed by atoms with E-state index in [4.69, 9.17) is 11.5 Å². The van der Waals surface area contributed by atoms with E-state index in [1.165, 1.54) is 6.07 Å². The van der Waals surface area contributed by atoms with Gasteiger partial charge in [0.05, 0.1) is 17.7 Å². The summed E-state index contributed by atoms with van der Waals surface area (Å²) >= 11 is 0. The van der Waals surface area contributed by atoms with E-state index >= 15 is 0 Å². The standard InChI is InChI=1S/C13H12F3NO2/c1-3-7-17(4-2)9-5-6-10(12(18)19)11(8-9)13(14,15)16/h1,5-6,8H,4,7H2,2H3,(H,18,19). The van der Waals surface area contributed by atoms with Gasteiger partial charge >= 0.3 is 12.1 Å². The van der Waals surface area contributed by atoms with Crippen LogP contribution in [0.1, 0.15) is 22.8 Å². The van der Waals surface area contributed by atoms with E-state index in [-0.39, 0.29) is 12.2 Å². The summed E-state index contributed by atoms with van der Waals surface area (Å²) in [6, 6.07) is 3.07. The lowest BCUT2D eigenvalue weighted by atomic mass is 10.1. The van der Waals surface area contributed by atoms with Crippen molar-refractivity contribution in [2.45, 2.75) is 13.1 Å². The Balaban J connectivity index is 3.34. The van der Waals surface area contributed by atoms with Crippen LogP contribution in [-0.4, -0.2) is 24.2 Å². The Bertz CT molecular complexity index is 518. The number of carbonyl (C=O) groups is 1. The summed E-state index contributed by atoms with van der Waals surface area (Å²) in [6.07, 6.45) is 0.413. The maximum atomic E-state index is 12.8. The fourth-order valence-corrected chi connectivity index (χ4v) is 1.65. The van der Waals surface area contributed by atoms with Crippen LogP contribution in [0.3, 0.4) is 0 Å². The summed E-state index contributed by atoms with van der Waals surface area (Å²) in [5.41, 5.74) is -1.70. The largest absolute Gasteiger partial charge is 0.478 e. The fourth-order valence-electron chi connectivity index (χ4n) is 1.65. The Kier molecular flexibility index (Phi) is 4.43. The molecule has 0 amide bonds. The highest BCUT2D eigenvalue weighted by molar-refractivity contribution is 5.90. The highest BCUT2D eigenvalue weighted by Gasteiger charge is 2.35. The molecule has 0 atom stereocenters. The van der Waals surface area contributed by atoms with Crippen molar-refractivity contribution in [2.24, 2.45) is 0 Å². The molecule has 1 N–H and O–H groups in total. The molecule has 1 aromatic carbocycles. The zero-order valence-electron chi connectivity index (χ0n) is 10.2. The minimum atomic E-state index is -4.72. The first-order valence-corrected chi connectivity index (χ1v) is 5.44. The van der Waals surface area contributed by atoms with Crippen molar-refractivity contribution >= 4 is 11.7 Å². The zero-order chi connectivity index (χ0) is 14.6. The number of carboxylic acid groups (broad SMARTS) is 1. The van der Waals surface area contributed by atoms with E-state index in [9.17, 15) is 18.0 Å². The molecule has 0 spiro atoms. The average molecular weight is 271 g/mol. The highest BCUT2D eigenvalue weighted by Crippen LogP contribution is 2.34. The number of benzene rings is 1. The average Bonchev–Trinajstić information content (AvgIpc) is 2.34. The summed E-state index contributed by atoms with van der Waals surface area (Å²) in [6.45, 7) is 2.32. The second-order valence-corrected chi connectivity index (χ2v) is 3.75. The predicted molar refractivity (Wildman–Crippen MR) is 65.1 cm³/mol. The van der Waals surface area contributed by atoms with Gasteiger partial charge in [-0.05, 0) is 25.1 Å². The number of rotatable bonds is 4. The molecule has 0 radical (unpaired) electrons. The Hall–Kier alpha value is -2.16. The molecule has 0 fully saturated rings. The van der Waals surface area contributed by atoms with E-state index in [2.05, 4.69) is 5.92 Å². The lowest BCUT2D eigenvalue weighted by molar-refractivity contribution is -0.138. The molecule has 6 heteroatoms. The maximum Gasteiger partial charge on any atom is 0.417 e. The monoisotopic (exact) mass is 271 g/mol. The third-order valence-electron chi connectivity index (χ3n) is 2.57. The Morgan fingerprint density at radius 2 is 2.11 bits per heavy atom. The van der Waals surface area contributed by atoms with Gasteiger partial charge in [-0.1, -0.05) is 5.92 Å². The van der Waals surface area contributed by atoms with Gasteiger partial charge in [0.25, 0.3) is 0 Å². The number of nitrogens with zero attached hydrogens (tertiary/aromatic N) is 1. The lowest BCUT2D eigenvalue weighted by Gasteiger charge is -2.22. The van der Waals surface area contributed by atoms with E-state index < -0.39 is 23.3 Å². The van der Waals surface area contributed by atoms with E-state index in [0.29, 0.717) is 6.54 Å². The van der Waals surface area contributed by atoms with Crippen LogP contribution in [0.2, 0.25) is 0 Å². The van der Waals surface area contributed by atoms with Gasteiger partial charge in [0.2, 0.25) is 0 Å². The third-order valence-corrected chi connectivity index (χ3v) is 2.57. The SMILES string of the molecule is C#CCN(CC)c1ccc(C(=O)O)c(C(F)(F)F)c1. The number of hydrogen-bond donors (Lipinski definition) is 1. The molecule has 0 unspecified atom stereocenters. The third kappa shape index (κ3) is 3.41. The molecular weight excluding hydrogens is 259 g/mol. The maximum absolute atomic E-state index is 12.8. The van der Waals surface area contributed by atoms with Crippen LogP contribution in [-0.2, 0) is 6.18 Å². The number of hydrogen-bond acceptors (Lipinski definition) is 2. The van der Waals surface area contributed by atoms with Crippen LogP contribution in [0.4, 0.5) is 18.9 Å². The predicted octanol–water partition coefficient (Wildman–Crippen LogP) is 2.86. The summed E-state index contributed by atoms with van der Waals surface area (Å²) in [5.74, 6) is 0.729. The van der Waals surface area contributed by atoms with Crippen LogP contribution >= 0.6 is 0 Å². The highest BCUT2D eigenvalue weighted by atomic mass is 19.4. The minimum Gasteiger partial charge on any atom is -0.478 e. The Morgan fingerprint density at radius 1 is 1.47 bits per heavy atom. The van der Waals surface area contributed by atoms with Crippen LogP contribution < -0.4 is 4.90 Å². The fraction of sp³-hybridized carbons (Fsp3) is 0.308. The topological polar surface area (TPSA) is 40.5 Å². The zero-order valence-corrected chi connectivity index (χ0v) is 10.2. The first-order valence-electron chi connectivity index (χ1n) is 5.44. The van der Waals surface area contributed by atoms with Crippen LogP contribution in [0.25, 0.3) is 0 Å². The number of aromatic carboxylic acids is 1. The molecule has 0 bridgehead atoms. The molecule has 0 aromatic heterocycles. The van der Waals surface area contributed by atoms with Gasteiger partial charge in [-0.25, -0.2) is 4.79 Å². The van der Waals surface area contributed by atoms with E-state index in [1.54, 1.807) is 11.8 Å². The van der Waals surface area contributed by atoms with Gasteiger partial charge < -0.3 is 10.0 Å². The molecule has 0 aliphatic rings. The number of anilines is 1. The second-order valence-electron chi connectivity index (χ2n) is 3.75. The molecule has 19 heavy (non-hydrogen) atoms. The van der Waals surface area contributed by atoms with Gasteiger partial charge in [-0.15, -0.1) is 6.42 Å². The van der Waals surface area contributed by atoms with Gasteiger partial charge in [0.15, 0.2) is 0 Å². The first-order chi connectivity index (χ1) is 8.81. The van der Waals surface area contributed by atoms with Gasteiger partial charge in [0, 0.05) is 12.2 Å². The van der Waals surface area contributed by atoms with E-state index in [0.717, 1.165) is 12.1 Å². The molecule has 0 saturated heterocycles. The molecule has 0 heterocycles. The van der Waals surface area contributed by atoms with Crippen LogP contribution in [0.5, 0.6) is 0 Å². The lowest BCUT2D eigenvalue weighted by Crippen LogP contribution is -2.24. The quantitative estimate of drug-likeness (QED) is 0.856. The molecule has 0 aliphatic carbocycles. The smallest absolute Gasteiger partial charge is 0.417 e. The van der Waals surface area contributed by atoms with Crippen molar-refractivity contribution in [1.29, 1.82) is 0 Å². The molecule has 0 aliphatic heterocycles. The minimum absolute atomic E-state index is 0.153. The Morgan fingerprint density at radius 3 is 2.53 bits per heavy atom. The summed E-state index contributed by atoms with van der Waals surface area (Å²) in [4.78, 5) is 12.3. The molecule has 1 aromatic rings. The van der Waals surface area contributed by atoms with Gasteiger partial charge in [-0.2, -0.15) is 13.2 Å². The van der Waals surface area contributed by atoms with Crippen LogP contribution in [0, 0.1) is 12.3 Å². The Labute approximate surface area is 108 Å². The van der Waals surface area contributed by atoms with Gasteiger partial charge in [-0.3, -0.25) is 0 Å². The van der Waals surface area contributed by atoms with Crippen molar-refractivity contribution in [2.75, 3.05) is 18.0 Å². The number of terminal acetylenes is 1. The van der Waals surface area contributed by atoms with E-state index in [1.807, 2.05) is 0 Å². The van der Waals surface area contributed by atoms with Gasteiger partial charge in [0.1, 0.15) is 0 Å². The summed E-state index contributed by atoms with van der Waals surface area (Å²) < 4.78 is 38.5. The molecule has 0 saturated carbocycles. The number of carboxylic acids is 1. The number of alkyl halides is 3. The molecular formula is C13H12F3NO2. The van der Waals surface area contributed by atoms with Crippen molar-refractivity contribution in [1.82, 2.24) is 0 Å². The van der Waals surface area contributed by atoms with Crippen molar-refractivity contribution in [3.8, 4) is 12.3 Å². The normalized spacial score (nSPS) is 10.9. The second kappa shape index (κ2) is 5.65.